The van der Waals surface area contributed by atoms with Crippen LogP contribution in [0.1, 0.15) is 34.6 Å². The number of aliphatic hydroxyl groups is 1. The molecule has 0 spiro atoms. The molecular formula is C13H19N3O2. The topological polar surface area (TPSA) is 66.3 Å². The van der Waals surface area contributed by atoms with E-state index in [-0.39, 0.29) is 12.5 Å². The molecule has 1 amide bonds. The molecule has 1 aliphatic heterocycles. The molecule has 0 aliphatic carbocycles. The monoisotopic (exact) mass is 249 g/mol. The highest BCUT2D eigenvalue weighted by molar-refractivity contribution is 5.95. The first-order valence-electron chi connectivity index (χ1n) is 6.33. The van der Waals surface area contributed by atoms with Crippen molar-refractivity contribution in [3.05, 3.63) is 23.0 Å². The fourth-order valence-electron chi connectivity index (χ4n) is 2.37. The molecule has 5 nitrogen and oxygen atoms in total. The van der Waals surface area contributed by atoms with Gasteiger partial charge in [0.15, 0.2) is 0 Å². The fraction of sp³-hybridized carbons (Fsp3) is 0.615. The second-order valence-electron chi connectivity index (χ2n) is 4.90. The standard InChI is InChI=1S/C13H19N3O2/c1-9-7-12(10(2)15-14-9)13(18)16-5-3-11(8-16)4-6-17/h7,11,17H,3-6,8H2,1-2H3. The molecule has 1 aromatic rings. The quantitative estimate of drug-likeness (QED) is 0.865. The summed E-state index contributed by atoms with van der Waals surface area (Å²) in [5.41, 5.74) is 2.08. The Morgan fingerprint density at radius 2 is 2.28 bits per heavy atom. The molecule has 18 heavy (non-hydrogen) atoms. The molecule has 1 aromatic heterocycles. The lowest BCUT2D eigenvalue weighted by Crippen LogP contribution is -2.29. The highest BCUT2D eigenvalue weighted by Gasteiger charge is 2.27. The average Bonchev–Trinajstić information content (AvgIpc) is 2.80. The summed E-state index contributed by atoms with van der Waals surface area (Å²) in [4.78, 5) is 14.2. The van der Waals surface area contributed by atoms with Gasteiger partial charge in [-0.2, -0.15) is 10.2 Å². The van der Waals surface area contributed by atoms with Crippen molar-refractivity contribution < 1.29 is 9.90 Å². The second kappa shape index (κ2) is 5.44. The molecule has 1 aliphatic rings. The van der Waals surface area contributed by atoms with Gasteiger partial charge >= 0.3 is 0 Å². The minimum atomic E-state index is 0.0333. The largest absolute Gasteiger partial charge is 0.396 e. The van der Waals surface area contributed by atoms with Crippen LogP contribution in [0.3, 0.4) is 0 Å². The van der Waals surface area contributed by atoms with Gasteiger partial charge in [-0.25, -0.2) is 0 Å². The van der Waals surface area contributed by atoms with E-state index in [9.17, 15) is 4.79 Å². The number of aliphatic hydroxyl groups excluding tert-OH is 1. The number of aromatic nitrogens is 2. The fourth-order valence-corrected chi connectivity index (χ4v) is 2.37. The minimum Gasteiger partial charge on any atom is -0.396 e. The van der Waals surface area contributed by atoms with Crippen LogP contribution in [0.5, 0.6) is 0 Å². The zero-order valence-corrected chi connectivity index (χ0v) is 10.9. The van der Waals surface area contributed by atoms with Crippen molar-refractivity contribution in [1.82, 2.24) is 15.1 Å². The van der Waals surface area contributed by atoms with Gasteiger partial charge in [-0.1, -0.05) is 0 Å². The maximum absolute atomic E-state index is 12.4. The van der Waals surface area contributed by atoms with E-state index in [4.69, 9.17) is 5.11 Å². The van der Waals surface area contributed by atoms with E-state index in [0.717, 1.165) is 31.6 Å². The molecule has 0 saturated carbocycles. The van der Waals surface area contributed by atoms with Crippen molar-refractivity contribution >= 4 is 5.91 Å². The van der Waals surface area contributed by atoms with Crippen LogP contribution < -0.4 is 0 Å². The molecule has 98 valence electrons. The third-order valence-electron chi connectivity index (χ3n) is 3.44. The summed E-state index contributed by atoms with van der Waals surface area (Å²) < 4.78 is 0. The lowest BCUT2D eigenvalue weighted by molar-refractivity contribution is 0.0783. The van der Waals surface area contributed by atoms with Crippen molar-refractivity contribution in [1.29, 1.82) is 0 Å². The van der Waals surface area contributed by atoms with Gasteiger partial charge in [0, 0.05) is 19.7 Å². The number of rotatable bonds is 3. The molecule has 1 unspecified atom stereocenters. The van der Waals surface area contributed by atoms with Gasteiger partial charge in [0.1, 0.15) is 0 Å². The van der Waals surface area contributed by atoms with E-state index in [1.54, 1.807) is 13.0 Å². The number of hydrogen-bond donors (Lipinski definition) is 1. The van der Waals surface area contributed by atoms with Crippen LogP contribution >= 0.6 is 0 Å². The van der Waals surface area contributed by atoms with Crippen LogP contribution in [-0.2, 0) is 0 Å². The number of likely N-dealkylation sites (tertiary alicyclic amines) is 1. The first-order chi connectivity index (χ1) is 8.61. The highest BCUT2D eigenvalue weighted by atomic mass is 16.3. The summed E-state index contributed by atoms with van der Waals surface area (Å²) in [6, 6.07) is 1.80. The van der Waals surface area contributed by atoms with Gasteiger partial charge < -0.3 is 10.0 Å². The van der Waals surface area contributed by atoms with Crippen molar-refractivity contribution in [2.24, 2.45) is 5.92 Å². The molecule has 0 radical (unpaired) electrons. The number of amides is 1. The molecule has 1 fully saturated rings. The zero-order chi connectivity index (χ0) is 13.1. The first kappa shape index (κ1) is 13.0. The third-order valence-corrected chi connectivity index (χ3v) is 3.44. The van der Waals surface area contributed by atoms with E-state index in [2.05, 4.69) is 10.2 Å². The maximum atomic E-state index is 12.4. The van der Waals surface area contributed by atoms with Crippen LogP contribution in [0.15, 0.2) is 6.07 Å². The van der Waals surface area contributed by atoms with Gasteiger partial charge in [-0.15, -0.1) is 0 Å². The van der Waals surface area contributed by atoms with Crippen LogP contribution in [0, 0.1) is 19.8 Å². The molecule has 1 atom stereocenters. The van der Waals surface area contributed by atoms with E-state index >= 15 is 0 Å². The van der Waals surface area contributed by atoms with Gasteiger partial charge in [0.2, 0.25) is 0 Å². The number of carbonyl (C=O) groups excluding carboxylic acids is 1. The van der Waals surface area contributed by atoms with Gasteiger partial charge in [-0.05, 0) is 38.7 Å². The van der Waals surface area contributed by atoms with Crippen LogP contribution in [0.2, 0.25) is 0 Å². The first-order valence-corrected chi connectivity index (χ1v) is 6.33. The average molecular weight is 249 g/mol. The van der Waals surface area contributed by atoms with Crippen molar-refractivity contribution in [2.45, 2.75) is 26.7 Å². The summed E-state index contributed by atoms with van der Waals surface area (Å²) in [6.45, 7) is 5.34. The SMILES string of the molecule is Cc1cc(C(=O)N2CCC(CCO)C2)c(C)nn1. The summed E-state index contributed by atoms with van der Waals surface area (Å²) in [6.07, 6.45) is 1.75. The Bertz CT molecular complexity index is 448. The lowest BCUT2D eigenvalue weighted by Gasteiger charge is -2.17. The Morgan fingerprint density at radius 3 is 3.00 bits per heavy atom. The number of nitrogens with zero attached hydrogens (tertiary/aromatic N) is 3. The maximum Gasteiger partial charge on any atom is 0.255 e. The van der Waals surface area contributed by atoms with Gasteiger partial charge in [0.25, 0.3) is 5.91 Å². The van der Waals surface area contributed by atoms with Crippen molar-refractivity contribution in [3.8, 4) is 0 Å². The van der Waals surface area contributed by atoms with Gasteiger partial charge in [0.05, 0.1) is 17.0 Å². The molecule has 2 rings (SSSR count). The normalized spacial score (nSPS) is 19.3. The molecule has 1 saturated heterocycles. The van der Waals surface area contributed by atoms with E-state index in [1.807, 2.05) is 11.8 Å². The van der Waals surface area contributed by atoms with Crippen molar-refractivity contribution in [2.75, 3.05) is 19.7 Å². The van der Waals surface area contributed by atoms with E-state index in [1.165, 1.54) is 0 Å². The molecule has 2 heterocycles. The number of aryl methyl sites for hydroxylation is 2. The molecular weight excluding hydrogens is 230 g/mol. The smallest absolute Gasteiger partial charge is 0.255 e. The predicted molar refractivity (Wildman–Crippen MR) is 67.2 cm³/mol. The highest BCUT2D eigenvalue weighted by Crippen LogP contribution is 2.21. The third kappa shape index (κ3) is 2.67. The lowest BCUT2D eigenvalue weighted by atomic mass is 10.1. The number of hydrogen-bond acceptors (Lipinski definition) is 4. The zero-order valence-electron chi connectivity index (χ0n) is 10.9. The molecule has 0 aromatic carbocycles. The van der Waals surface area contributed by atoms with Crippen LogP contribution in [0.4, 0.5) is 0 Å². The molecule has 5 heteroatoms. The summed E-state index contributed by atoms with van der Waals surface area (Å²) >= 11 is 0. The Labute approximate surface area is 107 Å². The Morgan fingerprint density at radius 1 is 1.50 bits per heavy atom. The second-order valence-corrected chi connectivity index (χ2v) is 4.90. The summed E-state index contributed by atoms with van der Waals surface area (Å²) in [5.74, 6) is 0.459. The molecule has 0 bridgehead atoms. The molecule has 1 N–H and O–H groups in total. The van der Waals surface area contributed by atoms with Crippen LogP contribution in [0.25, 0.3) is 0 Å². The summed E-state index contributed by atoms with van der Waals surface area (Å²) in [7, 11) is 0. The minimum absolute atomic E-state index is 0.0333. The Balaban J connectivity index is 2.10. The number of carbonyl (C=O) groups is 1. The van der Waals surface area contributed by atoms with Crippen LogP contribution in [-0.4, -0.2) is 45.8 Å². The summed E-state index contributed by atoms with van der Waals surface area (Å²) in [5, 5.41) is 16.9. The van der Waals surface area contributed by atoms with Crippen molar-refractivity contribution in [3.63, 3.8) is 0 Å². The van der Waals surface area contributed by atoms with Gasteiger partial charge in [-0.3, -0.25) is 4.79 Å². The van der Waals surface area contributed by atoms with E-state index in [0.29, 0.717) is 17.2 Å². The Kier molecular flexibility index (Phi) is 3.91. The van der Waals surface area contributed by atoms with E-state index < -0.39 is 0 Å². The Hall–Kier alpha value is -1.49. The predicted octanol–water partition coefficient (Wildman–Crippen LogP) is 0.938.